The Bertz CT molecular complexity index is 1260. The van der Waals surface area contributed by atoms with Gasteiger partial charge in [0, 0.05) is 48.5 Å². The van der Waals surface area contributed by atoms with Crippen molar-refractivity contribution in [2.75, 3.05) is 26.0 Å². The minimum atomic E-state index is -2.96. The minimum Gasteiger partial charge on any atom is -0.297 e. The van der Waals surface area contributed by atoms with Crippen molar-refractivity contribution in [3.05, 3.63) is 106 Å². The van der Waals surface area contributed by atoms with E-state index >= 15 is 0 Å². The topological polar surface area (TPSA) is 6.48 Å². The third kappa shape index (κ3) is 5.57. The lowest BCUT2D eigenvalue weighted by molar-refractivity contribution is 0.105. The van der Waals surface area contributed by atoms with Crippen molar-refractivity contribution in [1.82, 2.24) is 9.80 Å². The lowest BCUT2D eigenvalue weighted by Gasteiger charge is -2.40. The van der Waals surface area contributed by atoms with Crippen molar-refractivity contribution in [2.24, 2.45) is 0 Å². The maximum atomic E-state index is 9.05. The molecule has 0 aliphatic carbocycles. The molecule has 1 unspecified atom stereocenters. The summed E-state index contributed by atoms with van der Waals surface area (Å²) in [5.74, 6) is 0. The molecule has 3 aromatic carbocycles. The van der Waals surface area contributed by atoms with Crippen LogP contribution in [0, 0.1) is 0 Å². The largest absolute Gasteiger partial charge is 0.297 e. The third-order valence-corrected chi connectivity index (χ3v) is 5.58. The van der Waals surface area contributed by atoms with E-state index in [1.807, 2.05) is 12.1 Å². The molecule has 0 amide bonds. The van der Waals surface area contributed by atoms with Crippen LogP contribution in [0.5, 0.6) is 0 Å². The van der Waals surface area contributed by atoms with E-state index in [2.05, 4.69) is 20.8 Å². The molecule has 0 N–H and O–H groups in total. The summed E-state index contributed by atoms with van der Waals surface area (Å²) in [6, 6.07) is 21.2. The van der Waals surface area contributed by atoms with Gasteiger partial charge >= 0.3 is 0 Å². The summed E-state index contributed by atoms with van der Waals surface area (Å²) < 4.78 is 71.9. The van der Waals surface area contributed by atoms with Gasteiger partial charge in [0.2, 0.25) is 0 Å². The van der Waals surface area contributed by atoms with Crippen molar-refractivity contribution in [3.63, 3.8) is 0 Å². The highest BCUT2D eigenvalue weighted by Gasteiger charge is 2.26. The normalized spacial score (nSPS) is 27.2. The van der Waals surface area contributed by atoms with Crippen LogP contribution in [0.4, 0.5) is 0 Å². The van der Waals surface area contributed by atoms with Crippen LogP contribution in [-0.4, -0.2) is 35.8 Å². The number of benzene rings is 3. The molecule has 1 saturated heterocycles. The quantitative estimate of drug-likeness (QED) is 0.444. The first-order chi connectivity index (χ1) is 17.9. The number of halogens is 1. The standard InChI is InChI=1S/C28H33ClN2/c1-28(2,3)25-13-9-22(10-14-25)21-30-17-19-31(20-18-30)27(23-7-5-4-6-8-23)24-11-15-26(29)16-12-24/h4-16,27H,17-21H2,1-3H3/i17D2,18D2,19D2,20D2. The zero-order valence-corrected chi connectivity index (χ0v) is 18.8. The fourth-order valence-corrected chi connectivity index (χ4v) is 3.68. The van der Waals surface area contributed by atoms with E-state index in [9.17, 15) is 0 Å². The average molecular weight is 441 g/mol. The second kappa shape index (κ2) is 9.56. The highest BCUT2D eigenvalue weighted by atomic mass is 35.5. The summed E-state index contributed by atoms with van der Waals surface area (Å²) >= 11 is 6.09. The van der Waals surface area contributed by atoms with Gasteiger partial charge in [-0.15, -0.1) is 0 Å². The summed E-state index contributed by atoms with van der Waals surface area (Å²) in [7, 11) is 0. The molecule has 1 atom stereocenters. The molecule has 0 saturated carbocycles. The second-order valence-electron chi connectivity index (χ2n) is 8.72. The van der Waals surface area contributed by atoms with Crippen LogP contribution in [0.3, 0.4) is 0 Å². The van der Waals surface area contributed by atoms with Crippen molar-refractivity contribution in [3.8, 4) is 0 Å². The van der Waals surface area contributed by atoms with Crippen LogP contribution in [0.15, 0.2) is 78.9 Å². The molecule has 1 aliphatic rings. The SMILES string of the molecule is [2H]C1([2H])N(Cc2ccc(C(C)(C)C)cc2)C([2H])([2H])C([2H])([2H])N(C(c2ccccc2)c2ccc(Cl)cc2)C1([2H])[2H]. The lowest BCUT2D eigenvalue weighted by Crippen LogP contribution is -2.47. The predicted octanol–water partition coefficient (Wildman–Crippen LogP) is 6.54. The first-order valence-electron chi connectivity index (χ1n) is 14.4. The Labute approximate surface area is 203 Å². The zero-order valence-electron chi connectivity index (χ0n) is 26.1. The van der Waals surface area contributed by atoms with E-state index in [1.165, 1.54) is 0 Å². The molecule has 1 fully saturated rings. The van der Waals surface area contributed by atoms with Gasteiger partial charge in [-0.05, 0) is 39.8 Å². The van der Waals surface area contributed by atoms with E-state index in [4.69, 9.17) is 22.6 Å². The van der Waals surface area contributed by atoms with Gasteiger partial charge in [0.15, 0.2) is 0 Å². The minimum absolute atomic E-state index is 0.115. The van der Waals surface area contributed by atoms with Gasteiger partial charge in [-0.25, -0.2) is 0 Å². The number of rotatable bonds is 5. The van der Waals surface area contributed by atoms with Crippen LogP contribution in [0.2, 0.25) is 5.02 Å². The van der Waals surface area contributed by atoms with Gasteiger partial charge in [0.25, 0.3) is 0 Å². The molecule has 3 aromatic rings. The lowest BCUT2D eigenvalue weighted by atomic mass is 9.87. The molecule has 0 radical (unpaired) electrons. The predicted molar refractivity (Wildman–Crippen MR) is 132 cm³/mol. The molecule has 1 aliphatic heterocycles. The molecular formula is C28H33ClN2. The van der Waals surface area contributed by atoms with E-state index in [0.717, 1.165) is 5.56 Å². The maximum Gasteiger partial charge on any atom is 0.0602 e. The molecular weight excluding hydrogens is 400 g/mol. The average Bonchev–Trinajstić information content (AvgIpc) is 2.85. The Kier molecular flexibility index (Phi) is 4.35. The molecule has 31 heavy (non-hydrogen) atoms. The molecule has 0 bridgehead atoms. The van der Waals surface area contributed by atoms with E-state index in [0.29, 0.717) is 31.5 Å². The van der Waals surface area contributed by atoms with Gasteiger partial charge in [0.1, 0.15) is 0 Å². The van der Waals surface area contributed by atoms with Crippen LogP contribution >= 0.6 is 11.6 Å². The Morgan fingerprint density at radius 1 is 0.806 bits per heavy atom. The van der Waals surface area contributed by atoms with E-state index < -0.39 is 32.0 Å². The summed E-state index contributed by atoms with van der Waals surface area (Å²) in [4.78, 5) is 1.38. The third-order valence-electron chi connectivity index (χ3n) is 5.33. The molecule has 4 rings (SSSR count). The summed E-state index contributed by atoms with van der Waals surface area (Å²) in [5.41, 5.74) is 2.42. The van der Waals surface area contributed by atoms with E-state index in [-0.39, 0.29) is 12.0 Å². The number of piperazine rings is 1. The van der Waals surface area contributed by atoms with Crippen LogP contribution in [0.25, 0.3) is 0 Å². The number of nitrogens with zero attached hydrogens (tertiary/aromatic N) is 2. The smallest absolute Gasteiger partial charge is 0.0602 e. The fourth-order valence-electron chi connectivity index (χ4n) is 3.56. The van der Waals surface area contributed by atoms with Crippen molar-refractivity contribution >= 4 is 11.6 Å². The van der Waals surface area contributed by atoms with Crippen LogP contribution < -0.4 is 0 Å². The van der Waals surface area contributed by atoms with E-state index in [1.54, 1.807) is 66.7 Å². The van der Waals surface area contributed by atoms with Gasteiger partial charge in [-0.3, -0.25) is 9.80 Å². The van der Waals surface area contributed by atoms with Crippen molar-refractivity contribution in [2.45, 2.75) is 38.8 Å². The first-order valence-corrected chi connectivity index (χ1v) is 10.8. The fraction of sp³-hybridized carbons (Fsp3) is 0.357. The molecule has 3 heteroatoms. The maximum absolute atomic E-state index is 9.05. The summed E-state index contributed by atoms with van der Waals surface area (Å²) in [5, 5.41) is 0.435. The highest BCUT2D eigenvalue weighted by molar-refractivity contribution is 6.30. The van der Waals surface area contributed by atoms with Gasteiger partial charge in [-0.2, -0.15) is 0 Å². The monoisotopic (exact) mass is 440 g/mol. The van der Waals surface area contributed by atoms with Crippen molar-refractivity contribution in [1.29, 1.82) is 0 Å². The second-order valence-corrected chi connectivity index (χ2v) is 9.15. The van der Waals surface area contributed by atoms with Gasteiger partial charge < -0.3 is 0 Å². The molecule has 0 aromatic heterocycles. The zero-order chi connectivity index (χ0) is 29.0. The van der Waals surface area contributed by atoms with Gasteiger partial charge in [-0.1, -0.05) is 99.1 Å². The molecule has 0 spiro atoms. The first kappa shape index (κ1) is 14.1. The highest BCUT2D eigenvalue weighted by Crippen LogP contribution is 2.30. The van der Waals surface area contributed by atoms with Gasteiger partial charge in [0.05, 0.1) is 6.04 Å². The Balaban J connectivity index is 1.85. The Hall–Kier alpha value is -2.13. The van der Waals surface area contributed by atoms with Crippen LogP contribution in [-0.2, 0) is 12.0 Å². The number of hydrogen-bond acceptors (Lipinski definition) is 2. The van der Waals surface area contributed by atoms with Crippen molar-refractivity contribution < 1.29 is 11.0 Å². The Morgan fingerprint density at radius 2 is 1.39 bits per heavy atom. The molecule has 162 valence electrons. The van der Waals surface area contributed by atoms with Crippen LogP contribution in [0.1, 0.15) is 60.0 Å². The molecule has 2 nitrogen and oxygen atoms in total. The molecule has 1 heterocycles. The summed E-state index contributed by atoms with van der Waals surface area (Å²) in [6.07, 6.45) is 0. The number of hydrogen-bond donors (Lipinski definition) is 0. The summed E-state index contributed by atoms with van der Waals surface area (Å²) in [6.45, 7) is -5.92. The Morgan fingerprint density at radius 3 is 1.97 bits per heavy atom.